The predicted octanol–water partition coefficient (Wildman–Crippen LogP) is 2.77. The lowest BCUT2D eigenvalue weighted by atomic mass is 10.0. The monoisotopic (exact) mass is 355 g/mol. The summed E-state index contributed by atoms with van der Waals surface area (Å²) in [7, 11) is 1.40. The summed E-state index contributed by atoms with van der Waals surface area (Å²) < 4.78 is 5.32. The van der Waals surface area contributed by atoms with Gasteiger partial charge in [-0.1, -0.05) is 12.1 Å². The summed E-state index contributed by atoms with van der Waals surface area (Å²) in [5.74, 6) is 0.781. The maximum Gasteiger partial charge on any atom is 0.331 e. The van der Waals surface area contributed by atoms with Crippen LogP contribution in [0.25, 0.3) is 0 Å². The maximum atomic E-state index is 12.3. The molecule has 0 spiro atoms. The molecule has 23 heavy (non-hydrogen) atoms. The number of carboxylic acids is 1. The van der Waals surface area contributed by atoms with Crippen LogP contribution in [0, 0.1) is 0 Å². The zero-order chi connectivity index (χ0) is 16.9. The smallest absolute Gasteiger partial charge is 0.331 e. The standard InChI is InChI=1S/C16H21NO4S2/c1-16(10-21-2,15(19)20)17-13(18)11-4-6-12(7-5-11)14-22-8-3-9-23-14/h4-7,14H,3,8-10H2,1-2H3,(H,17,18)(H,19,20). The molecule has 0 aliphatic carbocycles. The van der Waals surface area contributed by atoms with Gasteiger partial charge in [0, 0.05) is 12.7 Å². The van der Waals surface area contributed by atoms with Crippen molar-refractivity contribution in [3.8, 4) is 0 Å². The Morgan fingerprint density at radius 2 is 1.91 bits per heavy atom. The number of ether oxygens (including phenoxy) is 1. The molecule has 5 nitrogen and oxygen atoms in total. The average molecular weight is 355 g/mol. The van der Waals surface area contributed by atoms with Crippen LogP contribution in [-0.4, -0.2) is 47.7 Å². The number of carboxylic acid groups (broad SMARTS) is 1. The fourth-order valence-corrected chi connectivity index (χ4v) is 5.13. The average Bonchev–Trinajstić information content (AvgIpc) is 2.56. The number of benzene rings is 1. The van der Waals surface area contributed by atoms with Crippen LogP contribution in [0.15, 0.2) is 24.3 Å². The zero-order valence-corrected chi connectivity index (χ0v) is 14.8. The van der Waals surface area contributed by atoms with Gasteiger partial charge in [0.15, 0.2) is 5.54 Å². The lowest BCUT2D eigenvalue weighted by Gasteiger charge is -2.25. The van der Waals surface area contributed by atoms with Crippen LogP contribution >= 0.6 is 23.5 Å². The summed E-state index contributed by atoms with van der Waals surface area (Å²) in [5.41, 5.74) is 0.192. The van der Waals surface area contributed by atoms with Crippen molar-refractivity contribution in [1.82, 2.24) is 5.32 Å². The summed E-state index contributed by atoms with van der Waals surface area (Å²) in [5, 5.41) is 11.8. The second-order valence-corrected chi connectivity index (χ2v) is 8.30. The van der Waals surface area contributed by atoms with Gasteiger partial charge < -0.3 is 15.2 Å². The highest BCUT2D eigenvalue weighted by Crippen LogP contribution is 2.43. The topological polar surface area (TPSA) is 75.6 Å². The molecule has 1 saturated heterocycles. The van der Waals surface area contributed by atoms with Crippen LogP contribution in [0.4, 0.5) is 0 Å². The molecule has 2 N–H and O–H groups in total. The van der Waals surface area contributed by atoms with Gasteiger partial charge in [-0.3, -0.25) is 4.79 Å². The second-order valence-electron chi connectivity index (χ2n) is 5.57. The third-order valence-electron chi connectivity index (χ3n) is 3.57. The number of amides is 1. The van der Waals surface area contributed by atoms with Crippen LogP contribution < -0.4 is 5.32 Å². The molecule has 0 saturated carbocycles. The summed E-state index contributed by atoms with van der Waals surface area (Å²) in [6.45, 7) is 1.34. The molecular formula is C16H21NO4S2. The first-order chi connectivity index (χ1) is 11.0. The Morgan fingerprint density at radius 1 is 1.30 bits per heavy atom. The van der Waals surface area contributed by atoms with E-state index in [9.17, 15) is 14.7 Å². The van der Waals surface area contributed by atoms with Crippen LogP contribution in [0.2, 0.25) is 0 Å². The SMILES string of the molecule is COCC(C)(NC(=O)c1ccc(C2SCCCS2)cc1)C(=O)O. The minimum atomic E-state index is -1.44. The number of carbonyl (C=O) groups is 2. The fourth-order valence-electron chi connectivity index (χ4n) is 2.23. The van der Waals surface area contributed by atoms with Crippen LogP contribution in [0.1, 0.15) is 33.8 Å². The highest BCUT2D eigenvalue weighted by molar-refractivity contribution is 8.16. The van der Waals surface area contributed by atoms with Crippen molar-refractivity contribution in [3.63, 3.8) is 0 Å². The summed E-state index contributed by atoms with van der Waals surface area (Å²) >= 11 is 3.84. The van der Waals surface area contributed by atoms with Gasteiger partial charge in [0.05, 0.1) is 11.2 Å². The van der Waals surface area contributed by atoms with Crippen molar-refractivity contribution in [2.24, 2.45) is 0 Å². The third-order valence-corrected chi connectivity index (χ3v) is 6.58. The van der Waals surface area contributed by atoms with Gasteiger partial charge >= 0.3 is 5.97 Å². The molecule has 2 rings (SSSR count). The highest BCUT2D eigenvalue weighted by atomic mass is 32.2. The quantitative estimate of drug-likeness (QED) is 0.817. The number of aliphatic carboxylic acids is 1. The normalized spacial score (nSPS) is 18.2. The molecule has 1 amide bonds. The molecule has 1 aromatic rings. The number of methoxy groups -OCH3 is 1. The molecule has 0 radical (unpaired) electrons. The Bertz CT molecular complexity index is 558. The molecule has 0 bridgehead atoms. The van der Waals surface area contributed by atoms with Gasteiger partial charge in [-0.15, -0.1) is 23.5 Å². The molecule has 1 heterocycles. The maximum absolute atomic E-state index is 12.3. The number of hydrogen-bond donors (Lipinski definition) is 2. The molecule has 1 unspecified atom stereocenters. The second kappa shape index (κ2) is 8.08. The molecule has 1 aliphatic rings. The molecule has 0 aromatic heterocycles. The Kier molecular flexibility index (Phi) is 6.38. The van der Waals surface area contributed by atoms with E-state index in [2.05, 4.69) is 5.32 Å². The van der Waals surface area contributed by atoms with Gasteiger partial charge in [-0.25, -0.2) is 4.79 Å². The van der Waals surface area contributed by atoms with Crippen LogP contribution in [0.5, 0.6) is 0 Å². The van der Waals surface area contributed by atoms with Crippen molar-refractivity contribution in [3.05, 3.63) is 35.4 Å². The first-order valence-corrected chi connectivity index (χ1v) is 9.44. The van der Waals surface area contributed by atoms with E-state index in [0.29, 0.717) is 10.1 Å². The van der Waals surface area contributed by atoms with Crippen molar-refractivity contribution in [2.75, 3.05) is 25.2 Å². The molecule has 126 valence electrons. The summed E-state index contributed by atoms with van der Waals surface area (Å²) in [6, 6.07) is 7.38. The van der Waals surface area contributed by atoms with E-state index in [1.807, 2.05) is 35.7 Å². The van der Waals surface area contributed by atoms with Crippen molar-refractivity contribution in [1.29, 1.82) is 0 Å². The summed E-state index contributed by atoms with van der Waals surface area (Å²) in [4.78, 5) is 23.6. The first kappa shape index (κ1) is 18.2. The minimum Gasteiger partial charge on any atom is -0.479 e. The lowest BCUT2D eigenvalue weighted by molar-refractivity contribution is -0.145. The van der Waals surface area contributed by atoms with Gasteiger partial charge in [-0.05, 0) is 42.5 Å². The highest BCUT2D eigenvalue weighted by Gasteiger charge is 2.35. The van der Waals surface area contributed by atoms with E-state index in [1.54, 1.807) is 12.1 Å². The Hall–Kier alpha value is -1.18. The van der Waals surface area contributed by atoms with Crippen molar-refractivity contribution < 1.29 is 19.4 Å². The Labute approximate surface area is 144 Å². The van der Waals surface area contributed by atoms with Gasteiger partial charge in [0.1, 0.15) is 0 Å². The molecule has 1 atom stereocenters. The van der Waals surface area contributed by atoms with E-state index in [0.717, 1.165) is 11.5 Å². The predicted molar refractivity (Wildman–Crippen MR) is 94.1 cm³/mol. The largest absolute Gasteiger partial charge is 0.479 e. The van der Waals surface area contributed by atoms with Gasteiger partial charge in [-0.2, -0.15) is 0 Å². The third kappa shape index (κ3) is 4.65. The fraction of sp³-hybridized carbons (Fsp3) is 0.500. The Balaban J connectivity index is 2.06. The van der Waals surface area contributed by atoms with Gasteiger partial charge in [0.2, 0.25) is 0 Å². The zero-order valence-electron chi connectivity index (χ0n) is 13.2. The van der Waals surface area contributed by atoms with Gasteiger partial charge in [0.25, 0.3) is 5.91 Å². The van der Waals surface area contributed by atoms with E-state index >= 15 is 0 Å². The molecule has 1 fully saturated rings. The Morgan fingerprint density at radius 3 is 2.43 bits per heavy atom. The number of nitrogens with one attached hydrogen (secondary N) is 1. The van der Waals surface area contributed by atoms with Crippen molar-refractivity contribution >= 4 is 35.4 Å². The number of carbonyl (C=O) groups excluding carboxylic acids is 1. The lowest BCUT2D eigenvalue weighted by Crippen LogP contribution is -2.55. The number of thioether (sulfide) groups is 2. The van der Waals surface area contributed by atoms with E-state index in [1.165, 1.54) is 26.0 Å². The van der Waals surface area contributed by atoms with E-state index in [-0.39, 0.29) is 6.61 Å². The molecule has 1 aromatic carbocycles. The molecular weight excluding hydrogens is 334 g/mol. The number of hydrogen-bond acceptors (Lipinski definition) is 5. The van der Waals surface area contributed by atoms with Crippen molar-refractivity contribution in [2.45, 2.75) is 23.5 Å². The summed E-state index contributed by atoms with van der Waals surface area (Å²) in [6.07, 6.45) is 1.24. The van der Waals surface area contributed by atoms with Crippen LogP contribution in [-0.2, 0) is 9.53 Å². The molecule has 1 aliphatic heterocycles. The van der Waals surface area contributed by atoms with Crippen LogP contribution in [0.3, 0.4) is 0 Å². The van der Waals surface area contributed by atoms with E-state index in [4.69, 9.17) is 4.74 Å². The van der Waals surface area contributed by atoms with E-state index < -0.39 is 17.4 Å². The minimum absolute atomic E-state index is 0.0957. The first-order valence-electron chi connectivity index (χ1n) is 7.34. The molecule has 7 heteroatoms. The number of rotatable bonds is 6.